The Morgan fingerprint density at radius 3 is 2.67 bits per heavy atom. The molecule has 2 heterocycles. The average Bonchev–Trinajstić information content (AvgIpc) is 2.76. The highest BCUT2D eigenvalue weighted by Crippen LogP contribution is 2.34. The Morgan fingerprint density at radius 1 is 1.10 bits per heavy atom. The molecular formula is C24H28NO5+. The van der Waals surface area contributed by atoms with Gasteiger partial charge in [-0.05, 0) is 56.5 Å². The number of rotatable bonds is 5. The van der Waals surface area contributed by atoms with Crippen LogP contribution in [0, 0.1) is 0 Å². The summed E-state index contributed by atoms with van der Waals surface area (Å²) >= 11 is 0. The Labute approximate surface area is 175 Å². The number of likely N-dealkylation sites (tertiary alicyclic amines) is 1. The van der Waals surface area contributed by atoms with Crippen LogP contribution in [0.2, 0.25) is 0 Å². The van der Waals surface area contributed by atoms with E-state index in [0.717, 1.165) is 11.9 Å². The lowest BCUT2D eigenvalue weighted by atomic mass is 10.0. The molecule has 6 heteroatoms. The number of hydrogen-bond acceptors (Lipinski definition) is 5. The summed E-state index contributed by atoms with van der Waals surface area (Å²) in [6.45, 7) is 3.93. The maximum atomic E-state index is 12.9. The molecule has 2 atom stereocenters. The molecule has 4 rings (SSSR count). The molecule has 6 nitrogen and oxygen atoms in total. The lowest BCUT2D eigenvalue weighted by molar-refractivity contribution is -0.941. The maximum Gasteiger partial charge on any atom is 0.344 e. The summed E-state index contributed by atoms with van der Waals surface area (Å²) in [5.41, 5.74) is 1.75. The third kappa shape index (κ3) is 3.75. The van der Waals surface area contributed by atoms with Crippen LogP contribution in [0.25, 0.3) is 22.1 Å². The molecule has 0 aliphatic carbocycles. The topological polar surface area (TPSA) is 73.3 Å². The van der Waals surface area contributed by atoms with Crippen molar-refractivity contribution in [2.75, 3.05) is 20.8 Å². The number of aromatic hydroxyl groups is 1. The molecule has 30 heavy (non-hydrogen) atoms. The van der Waals surface area contributed by atoms with Crippen LogP contribution < -0.4 is 20.0 Å². The van der Waals surface area contributed by atoms with Gasteiger partial charge in [0.15, 0.2) is 5.58 Å². The first-order valence-corrected chi connectivity index (χ1v) is 10.4. The molecule has 0 spiro atoms. The number of phenols is 1. The van der Waals surface area contributed by atoms with E-state index in [1.54, 1.807) is 44.6 Å². The van der Waals surface area contributed by atoms with E-state index in [2.05, 4.69) is 6.92 Å². The summed E-state index contributed by atoms with van der Waals surface area (Å²) < 4.78 is 16.5. The van der Waals surface area contributed by atoms with Gasteiger partial charge in [0, 0.05) is 17.0 Å². The van der Waals surface area contributed by atoms with Crippen LogP contribution in [0.5, 0.6) is 17.2 Å². The summed E-state index contributed by atoms with van der Waals surface area (Å²) in [6, 6.07) is 11.1. The molecule has 1 aliphatic heterocycles. The molecule has 2 N–H and O–H groups in total. The Balaban J connectivity index is 1.80. The second-order valence-electron chi connectivity index (χ2n) is 7.98. The van der Waals surface area contributed by atoms with E-state index in [1.165, 1.54) is 24.2 Å². The molecule has 1 unspecified atom stereocenters. The molecule has 0 saturated carbocycles. The number of hydrogen-bond donors (Lipinski definition) is 2. The maximum absolute atomic E-state index is 12.9. The van der Waals surface area contributed by atoms with Crippen molar-refractivity contribution in [1.82, 2.24) is 0 Å². The van der Waals surface area contributed by atoms with Gasteiger partial charge in [0.05, 0.1) is 37.9 Å². The van der Waals surface area contributed by atoms with Crippen molar-refractivity contribution in [1.29, 1.82) is 0 Å². The van der Waals surface area contributed by atoms with Gasteiger partial charge >= 0.3 is 5.63 Å². The average molecular weight is 410 g/mol. The van der Waals surface area contributed by atoms with E-state index in [0.29, 0.717) is 46.4 Å². The van der Waals surface area contributed by atoms with Crippen molar-refractivity contribution < 1.29 is 23.9 Å². The first-order valence-electron chi connectivity index (χ1n) is 10.4. The van der Waals surface area contributed by atoms with E-state index >= 15 is 0 Å². The molecule has 2 aromatic carbocycles. The van der Waals surface area contributed by atoms with E-state index in [1.807, 2.05) is 6.07 Å². The van der Waals surface area contributed by atoms with Crippen LogP contribution >= 0.6 is 0 Å². The van der Waals surface area contributed by atoms with Gasteiger partial charge in [-0.3, -0.25) is 0 Å². The van der Waals surface area contributed by atoms with Crippen molar-refractivity contribution >= 4 is 11.0 Å². The molecular weight excluding hydrogens is 382 g/mol. The highest BCUT2D eigenvalue weighted by Gasteiger charge is 2.25. The van der Waals surface area contributed by atoms with Gasteiger partial charge < -0.3 is 23.9 Å². The zero-order valence-corrected chi connectivity index (χ0v) is 17.7. The molecule has 0 radical (unpaired) electrons. The van der Waals surface area contributed by atoms with E-state index in [-0.39, 0.29) is 5.75 Å². The van der Waals surface area contributed by atoms with Crippen molar-refractivity contribution in [2.24, 2.45) is 0 Å². The summed E-state index contributed by atoms with van der Waals surface area (Å²) in [5, 5.41) is 11.3. The van der Waals surface area contributed by atoms with Crippen LogP contribution in [0.15, 0.2) is 45.6 Å². The highest BCUT2D eigenvalue weighted by atomic mass is 16.5. The van der Waals surface area contributed by atoms with Gasteiger partial charge in [-0.2, -0.15) is 0 Å². The fraction of sp³-hybridized carbons (Fsp3) is 0.375. The van der Waals surface area contributed by atoms with Gasteiger partial charge in [-0.1, -0.05) is 0 Å². The predicted molar refractivity (Wildman–Crippen MR) is 116 cm³/mol. The number of benzene rings is 2. The monoisotopic (exact) mass is 410 g/mol. The van der Waals surface area contributed by atoms with Gasteiger partial charge in [0.2, 0.25) is 0 Å². The molecule has 0 amide bonds. The van der Waals surface area contributed by atoms with E-state index in [4.69, 9.17) is 13.9 Å². The Kier molecular flexibility index (Phi) is 5.68. The fourth-order valence-electron chi connectivity index (χ4n) is 4.35. The summed E-state index contributed by atoms with van der Waals surface area (Å²) in [4.78, 5) is 14.3. The molecule has 0 bridgehead atoms. The Morgan fingerprint density at radius 2 is 1.93 bits per heavy atom. The lowest BCUT2D eigenvalue weighted by Gasteiger charge is -2.30. The molecule has 3 aromatic rings. The molecule has 1 saturated heterocycles. The van der Waals surface area contributed by atoms with Crippen LogP contribution in [0.3, 0.4) is 0 Å². The van der Waals surface area contributed by atoms with Crippen LogP contribution in [0.1, 0.15) is 31.7 Å². The number of ether oxygens (including phenoxy) is 2. The van der Waals surface area contributed by atoms with Gasteiger partial charge in [-0.15, -0.1) is 0 Å². The summed E-state index contributed by atoms with van der Waals surface area (Å²) in [7, 11) is 3.14. The Hall–Kier alpha value is -2.99. The number of nitrogens with one attached hydrogen (secondary N) is 1. The van der Waals surface area contributed by atoms with Crippen molar-refractivity contribution in [2.45, 2.75) is 38.8 Å². The van der Waals surface area contributed by atoms with Gasteiger partial charge in [-0.25, -0.2) is 4.79 Å². The van der Waals surface area contributed by atoms with E-state index < -0.39 is 5.63 Å². The number of fused-ring (bicyclic) bond motifs is 1. The number of methoxy groups -OCH3 is 2. The third-order valence-corrected chi connectivity index (χ3v) is 6.17. The SMILES string of the molecule is COc1ccc(-c2cc3ccc(O)c(C[NH+]4CCCC[C@H]4C)c3oc2=O)c(OC)c1. The van der Waals surface area contributed by atoms with Gasteiger partial charge in [0.1, 0.15) is 23.8 Å². The molecule has 1 fully saturated rings. The highest BCUT2D eigenvalue weighted by molar-refractivity contribution is 5.86. The first-order chi connectivity index (χ1) is 14.5. The van der Waals surface area contributed by atoms with Crippen LogP contribution in [0.4, 0.5) is 0 Å². The standard InChI is InChI=1S/C24H27NO5/c1-15-6-4-5-11-25(15)14-20-21(26)10-7-16-12-19(24(27)30-23(16)20)18-9-8-17(28-2)13-22(18)29-3/h7-10,12-13,15,26H,4-6,11,14H2,1-3H3/p+1/t15-/m1/s1. The normalized spacial score (nSPS) is 19.0. The largest absolute Gasteiger partial charge is 0.507 e. The predicted octanol–water partition coefficient (Wildman–Crippen LogP) is 3.14. The minimum absolute atomic E-state index is 0.172. The second-order valence-corrected chi connectivity index (χ2v) is 7.98. The summed E-state index contributed by atoms with van der Waals surface area (Å²) in [6.07, 6.45) is 3.59. The number of piperidine rings is 1. The molecule has 1 aromatic heterocycles. The van der Waals surface area contributed by atoms with E-state index in [9.17, 15) is 9.90 Å². The minimum atomic E-state index is -0.459. The van der Waals surface area contributed by atoms with Gasteiger partial charge in [0.25, 0.3) is 0 Å². The molecule has 1 aliphatic rings. The third-order valence-electron chi connectivity index (χ3n) is 6.17. The minimum Gasteiger partial charge on any atom is -0.507 e. The van der Waals surface area contributed by atoms with Crippen molar-refractivity contribution in [3.63, 3.8) is 0 Å². The lowest BCUT2D eigenvalue weighted by Crippen LogP contribution is -3.14. The van der Waals surface area contributed by atoms with Crippen LogP contribution in [-0.4, -0.2) is 31.9 Å². The molecule has 158 valence electrons. The zero-order valence-electron chi connectivity index (χ0n) is 17.7. The second kappa shape index (κ2) is 8.40. The smallest absolute Gasteiger partial charge is 0.344 e. The van der Waals surface area contributed by atoms with Crippen LogP contribution in [-0.2, 0) is 6.54 Å². The first kappa shape index (κ1) is 20.3. The quantitative estimate of drug-likeness (QED) is 0.632. The van der Waals surface area contributed by atoms with Crippen molar-refractivity contribution in [3.8, 4) is 28.4 Å². The zero-order chi connectivity index (χ0) is 21.3. The van der Waals surface area contributed by atoms with Crippen molar-refractivity contribution in [3.05, 3.63) is 52.4 Å². The Bertz CT molecular complexity index is 1120. The fourth-order valence-corrected chi connectivity index (χ4v) is 4.35. The summed E-state index contributed by atoms with van der Waals surface area (Å²) in [5.74, 6) is 1.35. The number of phenolic OH excluding ortho intramolecular Hbond substituents is 1. The number of quaternary nitrogens is 1.